The van der Waals surface area contributed by atoms with Crippen LogP contribution in [0.5, 0.6) is 0 Å². The Morgan fingerprint density at radius 1 is 0.390 bits per heavy atom. The zero-order valence-corrected chi connectivity index (χ0v) is 27.8. The number of aliphatic hydroxyl groups is 2. The molecule has 0 saturated carbocycles. The zero-order valence-electron chi connectivity index (χ0n) is 27.8. The summed E-state index contributed by atoms with van der Waals surface area (Å²) in [6, 6.07) is 0. The Morgan fingerprint density at radius 2 is 0.610 bits per heavy atom. The minimum atomic E-state index is -0.372. The molecule has 0 atom stereocenters. The lowest BCUT2D eigenvalue weighted by Crippen LogP contribution is -2.59. The molecule has 0 unspecified atom stereocenters. The van der Waals surface area contributed by atoms with Crippen molar-refractivity contribution in [3.05, 3.63) is 0 Å². The average molecular weight is 583 g/mol. The second kappa shape index (κ2) is 30.7. The molecule has 0 bridgehead atoms. The van der Waals surface area contributed by atoms with Crippen molar-refractivity contribution in [3.8, 4) is 0 Å². The lowest BCUT2D eigenvalue weighted by atomic mass is 10.0. The summed E-state index contributed by atoms with van der Waals surface area (Å²) in [6.07, 6.45) is 33.3. The summed E-state index contributed by atoms with van der Waals surface area (Å²) in [4.78, 5) is 26.5. The van der Waals surface area contributed by atoms with Crippen LogP contribution in [0.2, 0.25) is 0 Å². The number of carbonyl (C=O) groups is 2. The van der Waals surface area contributed by atoms with Crippen molar-refractivity contribution in [1.29, 1.82) is 0 Å². The summed E-state index contributed by atoms with van der Waals surface area (Å²) >= 11 is 0. The lowest BCUT2D eigenvalue weighted by molar-refractivity contribution is -0.781. The van der Waals surface area contributed by atoms with E-state index in [1.165, 1.54) is 128 Å². The van der Waals surface area contributed by atoms with Gasteiger partial charge in [0, 0.05) is 0 Å². The van der Waals surface area contributed by atoms with Crippen molar-refractivity contribution in [1.82, 2.24) is 0 Å². The van der Waals surface area contributed by atoms with E-state index >= 15 is 0 Å². The molecule has 0 fully saturated rings. The van der Waals surface area contributed by atoms with Gasteiger partial charge in [-0.2, -0.15) is 4.48 Å². The van der Waals surface area contributed by atoms with Gasteiger partial charge in [0.2, 0.25) is 0 Å². The van der Waals surface area contributed by atoms with Crippen molar-refractivity contribution < 1.29 is 24.3 Å². The van der Waals surface area contributed by atoms with E-state index in [0.29, 0.717) is 12.8 Å². The molecule has 0 heterocycles. The minimum Gasteiger partial charge on any atom is -0.390 e. The third kappa shape index (κ3) is 22.4. The van der Waals surface area contributed by atoms with Gasteiger partial charge < -0.3 is 10.2 Å². The molecule has 5 heteroatoms. The highest BCUT2D eigenvalue weighted by molar-refractivity contribution is 5.84. The highest BCUT2D eigenvalue weighted by Crippen LogP contribution is 2.20. The molecule has 0 rings (SSSR count). The highest BCUT2D eigenvalue weighted by atomic mass is 16.3. The Hall–Kier alpha value is -0.780. The van der Waals surface area contributed by atoms with Crippen molar-refractivity contribution >= 4 is 11.8 Å². The summed E-state index contributed by atoms with van der Waals surface area (Å²) in [6.45, 7) is 4.28. The van der Waals surface area contributed by atoms with Gasteiger partial charge in [0.25, 0.3) is 0 Å². The third-order valence-corrected chi connectivity index (χ3v) is 8.91. The van der Waals surface area contributed by atoms with E-state index in [9.17, 15) is 19.8 Å². The van der Waals surface area contributed by atoms with Crippen LogP contribution in [0, 0.1) is 0 Å². The SMILES string of the molecule is CCCCCCCCCCCCCCCC(=O)[N+](CCO)(CCO)C(=O)CCCCCCCCCCCCCCC. The van der Waals surface area contributed by atoms with Crippen molar-refractivity contribution in [3.63, 3.8) is 0 Å². The summed E-state index contributed by atoms with van der Waals surface area (Å²) in [7, 11) is 0. The van der Waals surface area contributed by atoms with E-state index in [-0.39, 0.29) is 42.6 Å². The van der Waals surface area contributed by atoms with Gasteiger partial charge in [0.1, 0.15) is 13.1 Å². The fraction of sp³-hybridized carbons (Fsp3) is 0.944. The van der Waals surface area contributed by atoms with Crippen LogP contribution in [0.3, 0.4) is 0 Å². The molecule has 2 N–H and O–H groups in total. The molecule has 0 aromatic carbocycles. The van der Waals surface area contributed by atoms with Crippen LogP contribution in [-0.2, 0) is 9.59 Å². The maximum Gasteiger partial charge on any atom is 0.321 e. The molecule has 5 nitrogen and oxygen atoms in total. The quantitative estimate of drug-likeness (QED) is 0.0611. The molecule has 0 spiro atoms. The number of hydrogen-bond acceptors (Lipinski definition) is 4. The average Bonchev–Trinajstić information content (AvgIpc) is 2.97. The molecule has 0 aliphatic carbocycles. The number of imide groups is 1. The predicted octanol–water partition coefficient (Wildman–Crippen LogP) is 9.80. The van der Waals surface area contributed by atoms with Gasteiger partial charge in [-0.3, -0.25) is 0 Å². The highest BCUT2D eigenvalue weighted by Gasteiger charge is 2.42. The fourth-order valence-electron chi connectivity index (χ4n) is 6.11. The molecular weight excluding hydrogens is 510 g/mol. The van der Waals surface area contributed by atoms with Crippen LogP contribution in [0.15, 0.2) is 0 Å². The second-order valence-electron chi connectivity index (χ2n) is 12.6. The number of aliphatic hydroxyl groups excluding tert-OH is 2. The number of quaternary nitrogens is 1. The molecule has 0 aliphatic heterocycles. The zero-order chi connectivity index (χ0) is 30.3. The molecule has 244 valence electrons. The maximum absolute atomic E-state index is 13.3. The van der Waals surface area contributed by atoms with Gasteiger partial charge in [0.15, 0.2) is 0 Å². The van der Waals surface area contributed by atoms with Gasteiger partial charge in [0.05, 0.1) is 26.1 Å². The Bertz CT molecular complexity index is 530. The molecule has 0 aromatic rings. The lowest BCUT2D eigenvalue weighted by Gasteiger charge is -2.32. The van der Waals surface area contributed by atoms with Gasteiger partial charge in [-0.15, -0.1) is 0 Å². The molecule has 0 radical (unpaired) electrons. The largest absolute Gasteiger partial charge is 0.390 e. The van der Waals surface area contributed by atoms with E-state index in [1.807, 2.05) is 0 Å². The Labute approximate surface area is 255 Å². The molecule has 0 aliphatic rings. The Morgan fingerprint density at radius 3 is 0.829 bits per heavy atom. The minimum absolute atomic E-state index is 0.0924. The Kier molecular flexibility index (Phi) is 30.1. The first-order valence-corrected chi connectivity index (χ1v) is 18.2. The normalized spacial score (nSPS) is 11.8. The van der Waals surface area contributed by atoms with E-state index in [4.69, 9.17) is 0 Å². The van der Waals surface area contributed by atoms with Crippen LogP contribution in [-0.4, -0.2) is 52.8 Å². The molecular formula is C36H72NO4+. The van der Waals surface area contributed by atoms with Crippen LogP contribution < -0.4 is 0 Å². The molecule has 2 amide bonds. The van der Waals surface area contributed by atoms with Crippen LogP contribution in [0.1, 0.15) is 194 Å². The first-order valence-electron chi connectivity index (χ1n) is 18.2. The van der Waals surface area contributed by atoms with E-state index in [1.54, 1.807) is 0 Å². The van der Waals surface area contributed by atoms with Crippen LogP contribution >= 0.6 is 0 Å². The number of unbranched alkanes of at least 4 members (excludes halogenated alkanes) is 24. The van der Waals surface area contributed by atoms with Gasteiger partial charge in [-0.1, -0.05) is 168 Å². The predicted molar refractivity (Wildman–Crippen MR) is 175 cm³/mol. The monoisotopic (exact) mass is 583 g/mol. The molecule has 0 saturated heterocycles. The number of carbonyl (C=O) groups excluding carboxylic acids is 2. The van der Waals surface area contributed by atoms with E-state index in [0.717, 1.165) is 38.5 Å². The van der Waals surface area contributed by atoms with Crippen molar-refractivity contribution in [2.24, 2.45) is 0 Å². The van der Waals surface area contributed by atoms with Crippen LogP contribution in [0.4, 0.5) is 0 Å². The van der Waals surface area contributed by atoms with Gasteiger partial charge in [-0.05, 0) is 12.8 Å². The van der Waals surface area contributed by atoms with Gasteiger partial charge >= 0.3 is 11.8 Å². The number of nitrogens with zero attached hydrogens (tertiary/aromatic N) is 1. The number of amides is 2. The Balaban J connectivity index is 4.12. The van der Waals surface area contributed by atoms with Crippen LogP contribution in [0.25, 0.3) is 0 Å². The third-order valence-electron chi connectivity index (χ3n) is 8.91. The molecule has 41 heavy (non-hydrogen) atoms. The molecule has 0 aromatic heterocycles. The fourth-order valence-corrected chi connectivity index (χ4v) is 6.11. The number of hydrogen-bond donors (Lipinski definition) is 2. The number of rotatable bonds is 32. The van der Waals surface area contributed by atoms with E-state index < -0.39 is 0 Å². The van der Waals surface area contributed by atoms with E-state index in [2.05, 4.69) is 13.8 Å². The second-order valence-corrected chi connectivity index (χ2v) is 12.6. The van der Waals surface area contributed by atoms with Gasteiger partial charge in [-0.25, -0.2) is 9.59 Å². The smallest absolute Gasteiger partial charge is 0.321 e. The van der Waals surface area contributed by atoms with Crippen molar-refractivity contribution in [2.75, 3.05) is 26.3 Å². The summed E-state index contributed by atoms with van der Waals surface area (Å²) in [5, 5.41) is 19.4. The topological polar surface area (TPSA) is 74.6 Å². The summed E-state index contributed by atoms with van der Waals surface area (Å²) < 4.78 is -0.372. The maximum atomic E-state index is 13.3. The first-order chi connectivity index (χ1) is 20.1. The standard InChI is InChI=1S/C36H72NO4/c1-3-5-7-9-11-13-15-17-19-21-23-25-27-29-35(40)37(31-33-38,32-34-39)36(41)30-28-26-24-22-20-18-16-14-12-10-8-6-4-2/h38-39H,3-34H2,1-2H3/q+1. The van der Waals surface area contributed by atoms with Crippen molar-refractivity contribution in [2.45, 2.75) is 194 Å². The first kappa shape index (κ1) is 40.2. The summed E-state index contributed by atoms with van der Waals surface area (Å²) in [5.41, 5.74) is 0. The summed E-state index contributed by atoms with van der Waals surface area (Å²) in [5.74, 6) is -0.230.